The van der Waals surface area contributed by atoms with Crippen LogP contribution in [0.25, 0.3) is 0 Å². The highest BCUT2D eigenvalue weighted by Gasteiger charge is 2.27. The SMILES string of the molecule is CC/C=C\C/C=C\C/C=C\C/C=C\C/C=C\C/C=C\C/C=C\C/C=C\CCCCCCCCCCC(=O)OC(COC(=O)CCCCCCCCCCCCCCC/C=C\C/C=C\C/C=C\C/C=C\C/C=C\C/C=C\C/C=C\CC)COP(=O)(O)OCC[N+](C)(C)C. The summed E-state index contributed by atoms with van der Waals surface area (Å²) in [5.74, 6) is -0.816. The summed E-state index contributed by atoms with van der Waals surface area (Å²) in [5, 5.41) is 0. The lowest BCUT2D eigenvalue weighted by molar-refractivity contribution is -0.870. The lowest BCUT2D eigenvalue weighted by atomic mass is 10.0. The van der Waals surface area contributed by atoms with E-state index in [-0.39, 0.29) is 32.0 Å². The van der Waals surface area contributed by atoms with Gasteiger partial charge in [0.2, 0.25) is 0 Å². The molecule has 2 unspecified atom stereocenters. The molecular formula is C82H135NO8P+. The molecule has 0 bridgehead atoms. The molecule has 1 N–H and O–H groups in total. The van der Waals surface area contributed by atoms with Crippen molar-refractivity contribution in [2.45, 2.75) is 277 Å². The van der Waals surface area contributed by atoms with Crippen LogP contribution in [0.5, 0.6) is 0 Å². The molecule has 0 aromatic rings. The van der Waals surface area contributed by atoms with Gasteiger partial charge in [-0.05, 0) is 135 Å². The molecule has 0 amide bonds. The average molecular weight is 1290 g/mol. The van der Waals surface area contributed by atoms with Crippen LogP contribution in [-0.4, -0.2) is 74.9 Å². The molecule has 9 nitrogen and oxygen atoms in total. The van der Waals surface area contributed by atoms with Crippen LogP contribution in [0.15, 0.2) is 182 Å². The topological polar surface area (TPSA) is 108 Å². The number of hydrogen-bond acceptors (Lipinski definition) is 7. The molecule has 92 heavy (non-hydrogen) atoms. The van der Waals surface area contributed by atoms with Crippen molar-refractivity contribution in [3.05, 3.63) is 182 Å². The van der Waals surface area contributed by atoms with Gasteiger partial charge < -0.3 is 18.9 Å². The lowest BCUT2D eigenvalue weighted by Crippen LogP contribution is -2.37. The number of carbonyl (C=O) groups excluding carboxylic acids is 2. The second-order valence-electron chi connectivity index (χ2n) is 24.9. The molecule has 0 aliphatic heterocycles. The number of carbonyl (C=O) groups is 2. The number of unbranched alkanes of at least 4 members (excludes halogenated alkanes) is 21. The van der Waals surface area contributed by atoms with Gasteiger partial charge in [0, 0.05) is 12.8 Å². The number of quaternary nitrogens is 1. The lowest BCUT2D eigenvalue weighted by Gasteiger charge is -2.24. The Morgan fingerprint density at radius 3 is 0.870 bits per heavy atom. The molecule has 520 valence electrons. The van der Waals surface area contributed by atoms with Gasteiger partial charge in [-0.3, -0.25) is 18.6 Å². The van der Waals surface area contributed by atoms with E-state index in [0.29, 0.717) is 17.4 Å². The fourth-order valence-corrected chi connectivity index (χ4v) is 10.2. The van der Waals surface area contributed by atoms with Crippen LogP contribution in [0, 0.1) is 0 Å². The number of phosphoric ester groups is 1. The Bertz CT molecular complexity index is 2210. The van der Waals surface area contributed by atoms with Crippen LogP contribution in [0.4, 0.5) is 0 Å². The maximum absolute atomic E-state index is 12.9. The summed E-state index contributed by atoms with van der Waals surface area (Å²) in [6.45, 7) is 4.19. The number of rotatable bonds is 65. The molecular weight excluding hydrogens is 1160 g/mol. The highest BCUT2D eigenvalue weighted by molar-refractivity contribution is 7.47. The van der Waals surface area contributed by atoms with Crippen LogP contribution in [0.1, 0.15) is 271 Å². The van der Waals surface area contributed by atoms with E-state index in [9.17, 15) is 19.0 Å². The van der Waals surface area contributed by atoms with Gasteiger partial charge in [-0.15, -0.1) is 0 Å². The van der Waals surface area contributed by atoms with Crippen LogP contribution in [0.3, 0.4) is 0 Å². The summed E-state index contributed by atoms with van der Waals surface area (Å²) in [5.41, 5.74) is 0. The van der Waals surface area contributed by atoms with E-state index >= 15 is 0 Å². The van der Waals surface area contributed by atoms with E-state index < -0.39 is 26.5 Å². The standard InChI is InChI=1S/C82H134NO8P/c1-6-8-10-12-14-16-18-20-22-24-26-28-30-32-34-36-38-40-41-43-44-46-48-50-52-54-56-58-60-62-64-66-68-70-72-74-81(84)88-78-80(79-90-92(86,87)89-77-76-83(3,4)5)91-82(85)75-73-71-69-67-65-63-61-59-57-55-53-51-49-47-45-42-39-37-35-33-31-29-27-25-23-21-19-17-15-13-11-9-7-2/h8-11,14-17,20-23,26-29,32-35,38-40,42-44,47,49,53,55,80H,6-7,12-13,18-19,24-25,30-31,36-37,41,45-46,48,50-52,54,56-79H2,1-5H3/p+1/b10-8-,11-9-,16-14-,17-15-,22-20-,23-21-,28-26-,29-27-,34-32-,35-33-,40-38-,42-39-,44-43-,49-47-,55-53-. The van der Waals surface area contributed by atoms with E-state index in [1.54, 1.807) is 0 Å². The molecule has 2 atom stereocenters. The predicted molar refractivity (Wildman–Crippen MR) is 399 cm³/mol. The van der Waals surface area contributed by atoms with Gasteiger partial charge in [0.15, 0.2) is 6.10 Å². The molecule has 0 radical (unpaired) electrons. The van der Waals surface area contributed by atoms with Crippen molar-refractivity contribution in [3.8, 4) is 0 Å². The summed E-state index contributed by atoms with van der Waals surface area (Å²) in [4.78, 5) is 35.9. The van der Waals surface area contributed by atoms with Gasteiger partial charge in [0.25, 0.3) is 0 Å². The fraction of sp³-hybridized carbons (Fsp3) is 0.610. The first kappa shape index (κ1) is 87.1. The third-order valence-corrected chi connectivity index (χ3v) is 15.9. The Kier molecular flexibility index (Phi) is 66.7. The van der Waals surface area contributed by atoms with Crippen molar-refractivity contribution in [2.75, 3.05) is 47.5 Å². The summed E-state index contributed by atoms with van der Waals surface area (Å²) in [6.07, 6.45) is 108. The summed E-state index contributed by atoms with van der Waals surface area (Å²) in [6, 6.07) is 0. The molecule has 0 saturated carbocycles. The number of nitrogens with zero attached hydrogens (tertiary/aromatic N) is 1. The van der Waals surface area contributed by atoms with Gasteiger partial charge in [-0.2, -0.15) is 0 Å². The zero-order chi connectivity index (χ0) is 66.9. The molecule has 0 spiro atoms. The first-order valence-corrected chi connectivity index (χ1v) is 38.0. The molecule has 0 saturated heterocycles. The molecule has 0 aromatic heterocycles. The highest BCUT2D eigenvalue weighted by atomic mass is 31.2. The number of phosphoric acid groups is 1. The summed E-state index contributed by atoms with van der Waals surface area (Å²) < 4.78 is 34.7. The maximum atomic E-state index is 12.9. The van der Waals surface area contributed by atoms with Crippen molar-refractivity contribution in [2.24, 2.45) is 0 Å². The second-order valence-corrected chi connectivity index (χ2v) is 26.3. The van der Waals surface area contributed by atoms with Crippen LogP contribution >= 0.6 is 7.82 Å². The molecule has 0 aliphatic carbocycles. The zero-order valence-corrected chi connectivity index (χ0v) is 60.1. The van der Waals surface area contributed by atoms with Crippen LogP contribution in [-0.2, 0) is 32.7 Å². The van der Waals surface area contributed by atoms with Crippen molar-refractivity contribution in [1.82, 2.24) is 0 Å². The van der Waals surface area contributed by atoms with Gasteiger partial charge in [-0.25, -0.2) is 4.57 Å². The van der Waals surface area contributed by atoms with Crippen molar-refractivity contribution >= 4 is 19.8 Å². The summed E-state index contributed by atoms with van der Waals surface area (Å²) in [7, 11) is 1.45. The van der Waals surface area contributed by atoms with Gasteiger partial charge in [-0.1, -0.05) is 305 Å². The molecule has 0 aliphatic rings. The van der Waals surface area contributed by atoms with Gasteiger partial charge in [0.1, 0.15) is 19.8 Å². The largest absolute Gasteiger partial charge is 0.472 e. The third kappa shape index (κ3) is 74.2. The Morgan fingerprint density at radius 2 is 0.587 bits per heavy atom. The molecule has 0 aromatic carbocycles. The third-order valence-electron chi connectivity index (χ3n) is 14.9. The van der Waals surface area contributed by atoms with Gasteiger partial charge >= 0.3 is 19.8 Å². The second kappa shape index (κ2) is 70.4. The van der Waals surface area contributed by atoms with Gasteiger partial charge in [0.05, 0.1) is 27.7 Å². The Morgan fingerprint density at radius 1 is 0.337 bits per heavy atom. The maximum Gasteiger partial charge on any atom is 0.472 e. The fourth-order valence-electron chi connectivity index (χ4n) is 9.42. The number of likely N-dealkylation sites (N-methyl/N-ethyl adjacent to an activating group) is 1. The number of allylic oxidation sites excluding steroid dienone is 30. The highest BCUT2D eigenvalue weighted by Crippen LogP contribution is 2.43. The number of ether oxygens (including phenoxy) is 2. The molecule has 0 heterocycles. The zero-order valence-electron chi connectivity index (χ0n) is 59.2. The quantitative estimate of drug-likeness (QED) is 0.0211. The van der Waals surface area contributed by atoms with E-state index in [4.69, 9.17) is 18.5 Å². The number of hydrogen-bond donors (Lipinski definition) is 1. The average Bonchev–Trinajstić information content (AvgIpc) is 2.23. The Balaban J connectivity index is 4.12. The van der Waals surface area contributed by atoms with E-state index in [0.717, 1.165) is 141 Å². The van der Waals surface area contributed by atoms with Crippen molar-refractivity contribution in [1.29, 1.82) is 0 Å². The van der Waals surface area contributed by atoms with Crippen molar-refractivity contribution in [3.63, 3.8) is 0 Å². The number of esters is 2. The van der Waals surface area contributed by atoms with E-state index in [1.165, 1.54) is 96.3 Å². The first-order valence-electron chi connectivity index (χ1n) is 36.5. The Labute approximate surface area is 565 Å². The normalized spacial score (nSPS) is 14.2. The van der Waals surface area contributed by atoms with E-state index in [1.807, 2.05) is 21.1 Å². The smallest absolute Gasteiger partial charge is 0.462 e. The van der Waals surface area contributed by atoms with Crippen molar-refractivity contribution < 1.29 is 42.1 Å². The minimum absolute atomic E-state index is 0.0209. The minimum Gasteiger partial charge on any atom is -0.462 e. The first-order chi connectivity index (χ1) is 45.0. The minimum atomic E-state index is -4.41. The summed E-state index contributed by atoms with van der Waals surface area (Å²) >= 11 is 0. The van der Waals surface area contributed by atoms with Crippen LogP contribution in [0.2, 0.25) is 0 Å². The predicted octanol–water partition coefficient (Wildman–Crippen LogP) is 24.3. The molecule has 10 heteroatoms. The van der Waals surface area contributed by atoms with E-state index in [2.05, 4.69) is 196 Å². The monoisotopic (exact) mass is 1290 g/mol. The molecule has 0 fully saturated rings. The molecule has 0 rings (SSSR count). The Hall–Kier alpha value is -4.89. The van der Waals surface area contributed by atoms with Crippen LogP contribution < -0.4 is 0 Å².